The van der Waals surface area contributed by atoms with Crippen LogP contribution in [0, 0.1) is 0 Å². The molecule has 2 aliphatic rings. The number of hydrogen-bond donors (Lipinski definition) is 4. The van der Waals surface area contributed by atoms with Crippen LogP contribution in [0.5, 0.6) is 11.5 Å². The summed E-state index contributed by atoms with van der Waals surface area (Å²) in [6, 6.07) is 2.59. The Balaban J connectivity index is 2.05. The van der Waals surface area contributed by atoms with Gasteiger partial charge in [0.1, 0.15) is 12.2 Å². The van der Waals surface area contributed by atoms with Gasteiger partial charge in [-0.25, -0.2) is 0 Å². The van der Waals surface area contributed by atoms with Gasteiger partial charge in [-0.05, 0) is 37.1 Å². The molecule has 194 valence electrons. The number of nitrogens with one attached hydrogen (secondary N) is 1. The number of fused-ring (bicyclic) bond motifs is 3. The van der Waals surface area contributed by atoms with Gasteiger partial charge >= 0.3 is 0 Å². The van der Waals surface area contributed by atoms with E-state index >= 15 is 0 Å². The van der Waals surface area contributed by atoms with Crippen molar-refractivity contribution in [1.82, 2.24) is 10.2 Å². The molecule has 4 atom stereocenters. The number of ether oxygens (including phenoxy) is 3. The molecular formula is C25H36N2O8. The molecule has 0 fully saturated rings. The van der Waals surface area contributed by atoms with Crippen molar-refractivity contribution in [3.63, 3.8) is 0 Å². The highest BCUT2D eigenvalue weighted by Crippen LogP contribution is 2.51. The van der Waals surface area contributed by atoms with Crippen molar-refractivity contribution in [2.24, 2.45) is 0 Å². The van der Waals surface area contributed by atoms with Crippen LogP contribution in [0.4, 0.5) is 0 Å². The first-order valence-electron chi connectivity index (χ1n) is 12.1. The summed E-state index contributed by atoms with van der Waals surface area (Å²) in [5.74, 6) is -0.444. The summed E-state index contributed by atoms with van der Waals surface area (Å²) in [7, 11) is 1.48. The summed E-state index contributed by atoms with van der Waals surface area (Å²) < 4.78 is 17.0. The van der Waals surface area contributed by atoms with Gasteiger partial charge in [0, 0.05) is 43.9 Å². The van der Waals surface area contributed by atoms with Crippen molar-refractivity contribution in [2.75, 3.05) is 40.0 Å². The highest BCUT2D eigenvalue weighted by atomic mass is 16.5. The van der Waals surface area contributed by atoms with Crippen LogP contribution in [0.3, 0.4) is 0 Å². The lowest BCUT2D eigenvalue weighted by Crippen LogP contribution is -2.56. The van der Waals surface area contributed by atoms with E-state index in [0.29, 0.717) is 54.4 Å². The SMILES string of the molecule is CCOCCCN(C(=O)CC)[C@@H]1C=C(C(=O)NCCO)[C@@H]2c3cc(CO)cc(OC)c3O[C@@H]2[C@H]1O. The maximum atomic E-state index is 13.2. The molecule has 10 nitrogen and oxygen atoms in total. The molecule has 35 heavy (non-hydrogen) atoms. The standard InChI is InChI=1S/C25H36N2O8/c1-4-20(30)27(8-6-10-34-5-2)18-13-17(25(32)26-7-9-28)21-16-11-15(14-29)12-19(33-3)23(16)35-24(21)22(18)31/h11-13,18,21-22,24,28-29,31H,4-10,14H2,1-3H3,(H,26,32)/t18-,21+,22+,24+/m1/s1. The summed E-state index contributed by atoms with van der Waals surface area (Å²) >= 11 is 0. The third-order valence-electron chi connectivity index (χ3n) is 6.37. The van der Waals surface area contributed by atoms with E-state index in [0.717, 1.165) is 0 Å². The van der Waals surface area contributed by atoms with Crippen LogP contribution in [0.1, 0.15) is 43.7 Å². The van der Waals surface area contributed by atoms with Gasteiger partial charge in [-0.2, -0.15) is 0 Å². The number of methoxy groups -OCH3 is 1. The first-order chi connectivity index (χ1) is 16.9. The van der Waals surface area contributed by atoms with Gasteiger partial charge in [-0.1, -0.05) is 6.92 Å². The average Bonchev–Trinajstić information content (AvgIpc) is 3.27. The van der Waals surface area contributed by atoms with Crippen LogP contribution >= 0.6 is 0 Å². The lowest BCUT2D eigenvalue weighted by molar-refractivity contribution is -0.137. The zero-order valence-electron chi connectivity index (χ0n) is 20.5. The van der Waals surface area contributed by atoms with Gasteiger partial charge in [-0.15, -0.1) is 0 Å². The summed E-state index contributed by atoms with van der Waals surface area (Å²) in [5.41, 5.74) is 1.52. The third kappa shape index (κ3) is 5.61. The topological polar surface area (TPSA) is 138 Å². The Hall–Kier alpha value is -2.66. The number of rotatable bonds is 12. The largest absolute Gasteiger partial charge is 0.493 e. The fourth-order valence-corrected chi connectivity index (χ4v) is 4.74. The second-order valence-electron chi connectivity index (χ2n) is 8.51. The number of benzene rings is 1. The smallest absolute Gasteiger partial charge is 0.247 e. The van der Waals surface area contributed by atoms with Crippen molar-refractivity contribution >= 4 is 11.8 Å². The van der Waals surface area contributed by atoms with E-state index in [-0.39, 0.29) is 32.1 Å². The minimum atomic E-state index is -1.12. The van der Waals surface area contributed by atoms with Crippen molar-refractivity contribution in [2.45, 2.75) is 57.5 Å². The normalized spacial score (nSPS) is 22.5. The predicted octanol–water partition coefficient (Wildman–Crippen LogP) is 0.475. The molecule has 3 rings (SSSR count). The highest BCUT2D eigenvalue weighted by molar-refractivity contribution is 5.96. The lowest BCUT2D eigenvalue weighted by Gasteiger charge is -2.40. The summed E-state index contributed by atoms with van der Waals surface area (Å²) in [6.45, 7) is 4.61. The minimum absolute atomic E-state index is 0.0560. The van der Waals surface area contributed by atoms with Crippen molar-refractivity contribution < 1.29 is 39.1 Å². The molecule has 4 N–H and O–H groups in total. The van der Waals surface area contributed by atoms with Crippen molar-refractivity contribution in [1.29, 1.82) is 0 Å². The van der Waals surface area contributed by atoms with Crippen LogP contribution < -0.4 is 14.8 Å². The number of nitrogens with zero attached hydrogens (tertiary/aromatic N) is 1. The molecule has 0 saturated heterocycles. The fourth-order valence-electron chi connectivity index (χ4n) is 4.74. The third-order valence-corrected chi connectivity index (χ3v) is 6.37. The second-order valence-corrected chi connectivity index (χ2v) is 8.51. The number of carbonyl (C=O) groups is 2. The minimum Gasteiger partial charge on any atom is -0.493 e. The Morgan fingerprint density at radius 2 is 2.00 bits per heavy atom. The molecule has 1 heterocycles. The average molecular weight is 493 g/mol. The Morgan fingerprint density at radius 1 is 1.23 bits per heavy atom. The van der Waals surface area contributed by atoms with Gasteiger partial charge in [-0.3, -0.25) is 9.59 Å². The molecule has 1 aromatic rings. The molecule has 1 aromatic carbocycles. The number of amides is 2. The van der Waals surface area contributed by atoms with Gasteiger partial charge in [0.15, 0.2) is 11.5 Å². The molecule has 10 heteroatoms. The molecule has 1 aliphatic carbocycles. The van der Waals surface area contributed by atoms with E-state index in [4.69, 9.17) is 14.2 Å². The maximum absolute atomic E-state index is 13.2. The van der Waals surface area contributed by atoms with E-state index in [2.05, 4.69) is 5.32 Å². The van der Waals surface area contributed by atoms with Crippen LogP contribution in [-0.4, -0.2) is 90.3 Å². The molecule has 0 unspecified atom stereocenters. The molecule has 0 saturated carbocycles. The Kier molecular flexibility index (Phi) is 9.50. The summed E-state index contributed by atoms with van der Waals surface area (Å²) in [5, 5.41) is 33.1. The number of aliphatic hydroxyl groups is 3. The van der Waals surface area contributed by atoms with E-state index in [1.807, 2.05) is 6.92 Å². The van der Waals surface area contributed by atoms with E-state index < -0.39 is 30.1 Å². The molecule has 0 radical (unpaired) electrons. The lowest BCUT2D eigenvalue weighted by atomic mass is 9.77. The van der Waals surface area contributed by atoms with Gasteiger partial charge in [0.2, 0.25) is 11.8 Å². The summed E-state index contributed by atoms with van der Waals surface area (Å²) in [4.78, 5) is 27.7. The Bertz CT molecular complexity index is 934. The zero-order valence-corrected chi connectivity index (χ0v) is 20.5. The molecular weight excluding hydrogens is 456 g/mol. The highest BCUT2D eigenvalue weighted by Gasteiger charge is 2.51. The van der Waals surface area contributed by atoms with Gasteiger partial charge < -0.3 is 39.7 Å². The Labute approximate surface area is 205 Å². The Morgan fingerprint density at radius 3 is 2.63 bits per heavy atom. The van der Waals surface area contributed by atoms with Crippen molar-refractivity contribution in [3.05, 3.63) is 34.9 Å². The molecule has 2 amide bonds. The monoisotopic (exact) mass is 492 g/mol. The molecule has 0 bridgehead atoms. The zero-order chi connectivity index (χ0) is 25.5. The first-order valence-corrected chi connectivity index (χ1v) is 12.1. The summed E-state index contributed by atoms with van der Waals surface area (Å²) in [6.07, 6.45) is 0.471. The van der Waals surface area contributed by atoms with Crippen molar-refractivity contribution in [3.8, 4) is 11.5 Å². The number of hydrogen-bond acceptors (Lipinski definition) is 8. The molecule has 0 aromatic heterocycles. The molecule has 1 aliphatic heterocycles. The van der Waals surface area contributed by atoms with E-state index in [1.54, 1.807) is 30.0 Å². The van der Waals surface area contributed by atoms with Gasteiger partial charge in [0.05, 0.1) is 32.3 Å². The van der Waals surface area contributed by atoms with Crippen LogP contribution in [0.2, 0.25) is 0 Å². The second kappa shape index (κ2) is 12.3. The first kappa shape index (κ1) is 26.9. The predicted molar refractivity (Wildman–Crippen MR) is 127 cm³/mol. The van der Waals surface area contributed by atoms with Crippen LogP contribution in [0.25, 0.3) is 0 Å². The van der Waals surface area contributed by atoms with Crippen LogP contribution in [-0.2, 0) is 20.9 Å². The molecule has 0 spiro atoms. The van der Waals surface area contributed by atoms with E-state index in [1.165, 1.54) is 7.11 Å². The fraction of sp³-hybridized carbons (Fsp3) is 0.600. The number of aliphatic hydroxyl groups excluding tert-OH is 3. The van der Waals surface area contributed by atoms with Gasteiger partial charge in [0.25, 0.3) is 0 Å². The maximum Gasteiger partial charge on any atom is 0.247 e. The quantitative estimate of drug-likeness (QED) is 0.309. The van der Waals surface area contributed by atoms with Crippen LogP contribution in [0.15, 0.2) is 23.8 Å². The number of carbonyl (C=O) groups excluding carboxylic acids is 2. The van der Waals surface area contributed by atoms with E-state index in [9.17, 15) is 24.9 Å².